The van der Waals surface area contributed by atoms with Gasteiger partial charge in [0.25, 0.3) is 0 Å². The second-order valence-corrected chi connectivity index (χ2v) is 6.67. The first-order chi connectivity index (χ1) is 13.8. The number of ether oxygens (including phenoxy) is 1. The van der Waals surface area contributed by atoms with Gasteiger partial charge in [-0.1, -0.05) is 50.2 Å². The molecule has 0 saturated heterocycles. The van der Waals surface area contributed by atoms with Gasteiger partial charge >= 0.3 is 6.18 Å². The summed E-state index contributed by atoms with van der Waals surface area (Å²) in [5.74, 6) is -0.333. The van der Waals surface area contributed by atoms with Crippen molar-refractivity contribution in [3.63, 3.8) is 0 Å². The number of nitrogens with zero attached hydrogens (tertiary/aromatic N) is 1. The van der Waals surface area contributed by atoms with Crippen molar-refractivity contribution in [1.82, 2.24) is 10.2 Å². The summed E-state index contributed by atoms with van der Waals surface area (Å²) < 4.78 is 44.7. The molecule has 0 aromatic heterocycles. The van der Waals surface area contributed by atoms with Crippen molar-refractivity contribution in [1.29, 1.82) is 0 Å². The number of methoxy groups -OCH3 is 1. The number of halogens is 3. The standard InChI is InChI=1S/C22H27F3N2O2/c1-4-27(5-2)20(16-11-8-12-19(13-16)22(23,24)25)21(28)26-14-17-9-6-7-10-18(17)15-29-3/h6-13,20H,4-5,14-15H2,1-3H3,(H,26,28)/t20-/m1/s1. The summed E-state index contributed by atoms with van der Waals surface area (Å²) in [7, 11) is 1.60. The molecule has 4 nitrogen and oxygen atoms in total. The van der Waals surface area contributed by atoms with Crippen molar-refractivity contribution >= 4 is 5.91 Å². The Hall–Kier alpha value is -2.38. The molecule has 0 spiro atoms. The summed E-state index contributed by atoms with van der Waals surface area (Å²) in [6, 6.07) is 11.7. The Morgan fingerprint density at radius 1 is 1.07 bits per heavy atom. The van der Waals surface area contributed by atoms with E-state index in [0.717, 1.165) is 23.3 Å². The Bertz CT molecular complexity index is 805. The van der Waals surface area contributed by atoms with Crippen LogP contribution in [0, 0.1) is 0 Å². The highest BCUT2D eigenvalue weighted by molar-refractivity contribution is 5.83. The largest absolute Gasteiger partial charge is 0.416 e. The van der Waals surface area contributed by atoms with Crippen LogP contribution in [0.15, 0.2) is 48.5 Å². The predicted molar refractivity (Wildman–Crippen MR) is 106 cm³/mol. The molecule has 2 aromatic carbocycles. The second-order valence-electron chi connectivity index (χ2n) is 6.67. The first kappa shape index (κ1) is 22.9. The average Bonchev–Trinajstić information content (AvgIpc) is 2.70. The van der Waals surface area contributed by atoms with Gasteiger partial charge in [0.15, 0.2) is 0 Å². The van der Waals surface area contributed by atoms with E-state index in [-0.39, 0.29) is 12.5 Å². The molecule has 29 heavy (non-hydrogen) atoms. The Balaban J connectivity index is 2.28. The highest BCUT2D eigenvalue weighted by Crippen LogP contribution is 2.32. The van der Waals surface area contributed by atoms with Crippen LogP contribution in [0.5, 0.6) is 0 Å². The van der Waals surface area contributed by atoms with Gasteiger partial charge in [0, 0.05) is 13.7 Å². The monoisotopic (exact) mass is 408 g/mol. The zero-order chi connectivity index (χ0) is 21.4. The van der Waals surface area contributed by atoms with Crippen LogP contribution in [0.3, 0.4) is 0 Å². The van der Waals surface area contributed by atoms with Crippen LogP contribution in [0.1, 0.15) is 42.1 Å². The number of hydrogen-bond acceptors (Lipinski definition) is 3. The van der Waals surface area contributed by atoms with Gasteiger partial charge < -0.3 is 10.1 Å². The number of carbonyl (C=O) groups is 1. The Labute approximate surface area is 169 Å². The fourth-order valence-electron chi connectivity index (χ4n) is 3.31. The SMILES string of the molecule is CCN(CC)[C@@H](C(=O)NCc1ccccc1COC)c1cccc(C(F)(F)F)c1. The third-order valence-electron chi connectivity index (χ3n) is 4.83. The van der Waals surface area contributed by atoms with E-state index in [1.54, 1.807) is 13.2 Å². The van der Waals surface area contributed by atoms with Crippen molar-refractivity contribution in [3.8, 4) is 0 Å². The smallest absolute Gasteiger partial charge is 0.380 e. The van der Waals surface area contributed by atoms with Gasteiger partial charge in [-0.3, -0.25) is 9.69 Å². The number of carbonyl (C=O) groups excluding carboxylic acids is 1. The molecule has 1 atom stereocenters. The van der Waals surface area contributed by atoms with Crippen molar-refractivity contribution < 1.29 is 22.7 Å². The summed E-state index contributed by atoms with van der Waals surface area (Å²) in [5.41, 5.74) is 1.43. The summed E-state index contributed by atoms with van der Waals surface area (Å²) >= 11 is 0. The lowest BCUT2D eigenvalue weighted by Gasteiger charge is -2.29. The zero-order valence-corrected chi connectivity index (χ0v) is 16.9. The summed E-state index contributed by atoms with van der Waals surface area (Å²) in [6.45, 7) is 5.51. The lowest BCUT2D eigenvalue weighted by Crippen LogP contribution is -2.40. The van der Waals surface area contributed by atoms with Crippen molar-refractivity contribution in [2.75, 3.05) is 20.2 Å². The highest BCUT2D eigenvalue weighted by atomic mass is 19.4. The Morgan fingerprint density at radius 2 is 1.72 bits per heavy atom. The van der Waals surface area contributed by atoms with Crippen molar-refractivity contribution in [3.05, 3.63) is 70.8 Å². The first-order valence-corrected chi connectivity index (χ1v) is 9.56. The van der Waals surface area contributed by atoms with Gasteiger partial charge in [-0.05, 0) is 41.9 Å². The van der Waals surface area contributed by atoms with Gasteiger partial charge in [-0.15, -0.1) is 0 Å². The van der Waals surface area contributed by atoms with Crippen LogP contribution in [-0.2, 0) is 28.9 Å². The Morgan fingerprint density at radius 3 is 2.31 bits per heavy atom. The molecule has 7 heteroatoms. The van der Waals surface area contributed by atoms with E-state index in [9.17, 15) is 18.0 Å². The lowest BCUT2D eigenvalue weighted by atomic mass is 10.0. The summed E-state index contributed by atoms with van der Waals surface area (Å²) in [5, 5.41) is 2.89. The van der Waals surface area contributed by atoms with E-state index >= 15 is 0 Å². The molecule has 2 rings (SSSR count). The van der Waals surface area contributed by atoms with Crippen LogP contribution in [0.25, 0.3) is 0 Å². The Kier molecular flexibility index (Phi) is 8.22. The molecular weight excluding hydrogens is 381 g/mol. The zero-order valence-electron chi connectivity index (χ0n) is 16.9. The molecule has 2 aromatic rings. The molecule has 158 valence electrons. The molecule has 1 amide bonds. The quantitative estimate of drug-likeness (QED) is 0.662. The number of hydrogen-bond donors (Lipinski definition) is 1. The maximum atomic E-state index is 13.2. The van der Waals surface area contributed by atoms with E-state index in [2.05, 4.69) is 5.32 Å². The third kappa shape index (κ3) is 6.05. The number of nitrogens with one attached hydrogen (secondary N) is 1. The molecule has 0 saturated carbocycles. The van der Waals surface area contributed by atoms with Crippen LogP contribution in [0.4, 0.5) is 13.2 Å². The van der Waals surface area contributed by atoms with Crippen LogP contribution < -0.4 is 5.32 Å². The molecular formula is C22H27F3N2O2. The average molecular weight is 408 g/mol. The molecule has 0 aliphatic rings. The van der Waals surface area contributed by atoms with E-state index in [1.807, 2.05) is 43.0 Å². The fourth-order valence-corrected chi connectivity index (χ4v) is 3.31. The second kappa shape index (κ2) is 10.4. The minimum absolute atomic E-state index is 0.273. The predicted octanol–water partition coefficient (Wildman–Crippen LogP) is 4.55. The van der Waals surface area contributed by atoms with Gasteiger partial charge in [0.2, 0.25) is 5.91 Å². The van der Waals surface area contributed by atoms with Gasteiger partial charge in [0.05, 0.1) is 12.2 Å². The fraction of sp³-hybridized carbons (Fsp3) is 0.409. The molecule has 0 radical (unpaired) electrons. The lowest BCUT2D eigenvalue weighted by molar-refractivity contribution is -0.138. The minimum Gasteiger partial charge on any atom is -0.380 e. The summed E-state index contributed by atoms with van der Waals surface area (Å²) in [4.78, 5) is 14.9. The van der Waals surface area contributed by atoms with Crippen LogP contribution in [0.2, 0.25) is 0 Å². The maximum Gasteiger partial charge on any atom is 0.416 e. The third-order valence-corrected chi connectivity index (χ3v) is 4.83. The number of likely N-dealkylation sites (N-methyl/N-ethyl adjacent to an activating group) is 1. The highest BCUT2D eigenvalue weighted by Gasteiger charge is 2.33. The number of benzene rings is 2. The topological polar surface area (TPSA) is 41.6 Å². The number of amides is 1. The molecule has 0 aliphatic carbocycles. The normalized spacial score (nSPS) is 12.8. The van der Waals surface area contributed by atoms with Crippen molar-refractivity contribution in [2.45, 2.75) is 39.2 Å². The minimum atomic E-state index is -4.46. The molecule has 0 fully saturated rings. The van der Waals surface area contributed by atoms with Gasteiger partial charge in [0.1, 0.15) is 6.04 Å². The van der Waals surface area contributed by atoms with Gasteiger partial charge in [-0.2, -0.15) is 13.2 Å². The molecule has 0 unspecified atom stereocenters. The van der Waals surface area contributed by atoms with E-state index < -0.39 is 17.8 Å². The molecule has 1 N–H and O–H groups in total. The van der Waals surface area contributed by atoms with E-state index in [1.165, 1.54) is 6.07 Å². The van der Waals surface area contributed by atoms with Crippen LogP contribution >= 0.6 is 0 Å². The van der Waals surface area contributed by atoms with E-state index in [0.29, 0.717) is 25.3 Å². The maximum absolute atomic E-state index is 13.2. The first-order valence-electron chi connectivity index (χ1n) is 9.56. The molecule has 0 aliphatic heterocycles. The van der Waals surface area contributed by atoms with Crippen LogP contribution in [-0.4, -0.2) is 31.0 Å². The number of rotatable bonds is 9. The molecule has 0 heterocycles. The summed E-state index contributed by atoms with van der Waals surface area (Å²) in [6.07, 6.45) is -4.46. The number of alkyl halides is 3. The van der Waals surface area contributed by atoms with Crippen molar-refractivity contribution in [2.24, 2.45) is 0 Å². The van der Waals surface area contributed by atoms with E-state index in [4.69, 9.17) is 4.74 Å². The van der Waals surface area contributed by atoms with Gasteiger partial charge in [-0.25, -0.2) is 0 Å². The molecule has 0 bridgehead atoms.